The van der Waals surface area contributed by atoms with Crippen LogP contribution in [0.3, 0.4) is 0 Å². The Kier molecular flexibility index (Phi) is 17.9. The number of alkyl halides is 1. The maximum absolute atomic E-state index is 13.1. The lowest BCUT2D eigenvalue weighted by molar-refractivity contribution is 0.0624. The van der Waals surface area contributed by atoms with Gasteiger partial charge in [-0.15, -0.1) is 12.8 Å². The average Bonchev–Trinajstić information content (AvgIpc) is 3.08. The zero-order chi connectivity index (χ0) is 39.4. The van der Waals surface area contributed by atoms with Crippen molar-refractivity contribution in [1.29, 1.82) is 0 Å². The molecule has 280 valence electrons. The van der Waals surface area contributed by atoms with Gasteiger partial charge in [0.2, 0.25) is 0 Å². The molecule has 0 aromatic heterocycles. The maximum atomic E-state index is 13.1. The molecule has 0 aliphatic carbocycles. The van der Waals surface area contributed by atoms with Gasteiger partial charge in [-0.25, -0.2) is 18.4 Å². The van der Waals surface area contributed by atoms with Crippen molar-refractivity contribution in [2.24, 2.45) is 0 Å². The van der Waals surface area contributed by atoms with Gasteiger partial charge in [0.1, 0.15) is 22.8 Å². The van der Waals surface area contributed by atoms with Gasteiger partial charge >= 0.3 is 12.2 Å². The van der Waals surface area contributed by atoms with E-state index in [1.807, 2.05) is 70.7 Å². The topological polar surface area (TPSA) is 91.9 Å². The molecule has 4 aromatic rings. The molecule has 0 spiro atoms. The standard InChI is InChI=1S/C21H23FN2O2.C18H21FN2O2.C3H3Br/c1-5-14-24(15-16-6-8-17(22)9-7-16)19-12-10-18(11-13-19)23-20(25)26-21(2,3)4;1-18(2,3)23-17(22)21-16-10-8-15(9-11-16)20-12-13-4-6-14(19)7-5-13;1-2-3-4/h1,6-13H,14-15H2,2-4H3,(H,23,25);4-11,20H,12H2,1-3H3,(H,21,22);1H,3H2. The van der Waals surface area contributed by atoms with E-state index in [0.717, 1.165) is 22.5 Å². The fraction of sp³-hybridized carbons (Fsp3) is 0.286. The van der Waals surface area contributed by atoms with E-state index >= 15 is 0 Å². The van der Waals surface area contributed by atoms with Gasteiger partial charge in [0.05, 0.1) is 11.9 Å². The van der Waals surface area contributed by atoms with Gasteiger partial charge in [-0.05, 0) is 125 Å². The van der Waals surface area contributed by atoms with Crippen LogP contribution in [0.15, 0.2) is 97.1 Å². The zero-order valence-corrected chi connectivity index (χ0v) is 32.5. The summed E-state index contributed by atoms with van der Waals surface area (Å²) in [5, 5.41) is 9.26. The van der Waals surface area contributed by atoms with Crippen molar-refractivity contribution in [2.75, 3.05) is 32.7 Å². The predicted octanol–water partition coefficient (Wildman–Crippen LogP) is 10.6. The lowest BCUT2D eigenvalue weighted by atomic mass is 10.2. The fourth-order valence-electron chi connectivity index (χ4n) is 4.24. The van der Waals surface area contributed by atoms with Crippen molar-refractivity contribution in [3.63, 3.8) is 0 Å². The lowest BCUT2D eigenvalue weighted by Gasteiger charge is -2.23. The van der Waals surface area contributed by atoms with Crippen LogP contribution >= 0.6 is 15.9 Å². The monoisotopic (exact) mass is 788 g/mol. The number of hydrogen-bond donors (Lipinski definition) is 3. The Balaban J connectivity index is 0.000000335. The second kappa shape index (κ2) is 21.8. The minimum Gasteiger partial charge on any atom is -0.444 e. The van der Waals surface area contributed by atoms with E-state index < -0.39 is 23.4 Å². The van der Waals surface area contributed by atoms with Crippen molar-refractivity contribution >= 4 is 50.9 Å². The number of terminal acetylenes is 2. The third kappa shape index (κ3) is 19.0. The van der Waals surface area contributed by atoms with Crippen LogP contribution in [0.4, 0.5) is 41.1 Å². The van der Waals surface area contributed by atoms with E-state index in [-0.39, 0.29) is 11.6 Å². The number of benzene rings is 4. The zero-order valence-electron chi connectivity index (χ0n) is 30.9. The molecule has 2 amide bonds. The Labute approximate surface area is 320 Å². The number of halogens is 3. The lowest BCUT2D eigenvalue weighted by Crippen LogP contribution is -2.27. The second-order valence-corrected chi connectivity index (χ2v) is 13.9. The van der Waals surface area contributed by atoms with Crippen LogP contribution in [-0.4, -0.2) is 35.3 Å². The molecule has 53 heavy (non-hydrogen) atoms. The van der Waals surface area contributed by atoms with Crippen molar-refractivity contribution in [3.8, 4) is 24.7 Å². The van der Waals surface area contributed by atoms with Gasteiger partial charge in [-0.1, -0.05) is 52.0 Å². The molecule has 0 aliphatic heterocycles. The fourth-order valence-corrected chi connectivity index (χ4v) is 4.24. The molecule has 0 unspecified atom stereocenters. The van der Waals surface area contributed by atoms with Gasteiger partial charge in [0.25, 0.3) is 0 Å². The molecule has 8 nitrogen and oxygen atoms in total. The molecule has 0 atom stereocenters. The van der Waals surface area contributed by atoms with Crippen LogP contribution in [0.25, 0.3) is 0 Å². The van der Waals surface area contributed by atoms with Crippen LogP contribution in [0.2, 0.25) is 0 Å². The van der Waals surface area contributed by atoms with Crippen LogP contribution < -0.4 is 20.9 Å². The van der Waals surface area contributed by atoms with Gasteiger partial charge in [0, 0.05) is 35.8 Å². The van der Waals surface area contributed by atoms with E-state index in [4.69, 9.17) is 22.3 Å². The summed E-state index contributed by atoms with van der Waals surface area (Å²) in [6.07, 6.45) is 9.22. The Morgan fingerprint density at radius 1 is 0.660 bits per heavy atom. The van der Waals surface area contributed by atoms with Gasteiger partial charge < -0.3 is 19.7 Å². The average molecular weight is 790 g/mol. The minimum atomic E-state index is -0.553. The summed E-state index contributed by atoms with van der Waals surface area (Å²) in [5.41, 5.74) is 3.96. The summed E-state index contributed by atoms with van der Waals surface area (Å²) in [6, 6.07) is 27.3. The first-order valence-corrected chi connectivity index (χ1v) is 17.7. The number of carbonyl (C=O) groups is 2. The van der Waals surface area contributed by atoms with E-state index in [9.17, 15) is 18.4 Å². The quantitative estimate of drug-likeness (QED) is 0.116. The maximum Gasteiger partial charge on any atom is 0.412 e. The minimum absolute atomic E-state index is 0.244. The number of carbonyl (C=O) groups excluding carboxylic acids is 2. The summed E-state index contributed by atoms with van der Waals surface area (Å²) >= 11 is 3.01. The largest absolute Gasteiger partial charge is 0.444 e. The van der Waals surface area contributed by atoms with Crippen molar-refractivity contribution in [3.05, 3.63) is 120 Å². The van der Waals surface area contributed by atoms with Crippen molar-refractivity contribution in [2.45, 2.75) is 65.8 Å². The molecule has 11 heteroatoms. The number of nitrogens with one attached hydrogen (secondary N) is 3. The normalized spacial score (nSPS) is 10.4. The number of amides is 2. The van der Waals surface area contributed by atoms with Crippen LogP contribution in [-0.2, 0) is 22.6 Å². The molecule has 4 rings (SSSR count). The van der Waals surface area contributed by atoms with Crippen LogP contribution in [0.5, 0.6) is 0 Å². The number of hydrogen-bond acceptors (Lipinski definition) is 6. The van der Waals surface area contributed by atoms with Crippen LogP contribution in [0, 0.1) is 36.3 Å². The second-order valence-electron chi connectivity index (χ2n) is 13.4. The molecular formula is C42H47BrF2N4O4. The number of rotatable bonds is 9. The summed E-state index contributed by atoms with van der Waals surface area (Å²) in [4.78, 5) is 25.5. The highest BCUT2D eigenvalue weighted by Gasteiger charge is 2.17. The summed E-state index contributed by atoms with van der Waals surface area (Å²) in [6.45, 7) is 12.4. The van der Waals surface area contributed by atoms with E-state index in [1.54, 1.807) is 48.5 Å². The SMILES string of the molecule is C#CCBr.C#CCN(Cc1ccc(F)cc1)c1ccc(NC(=O)OC(C)(C)C)cc1.CC(C)(C)OC(=O)Nc1ccc(NCc2ccc(F)cc2)cc1. The first kappa shape index (κ1) is 43.6. The Morgan fingerprint density at radius 2 is 1.06 bits per heavy atom. The Morgan fingerprint density at radius 3 is 1.45 bits per heavy atom. The summed E-state index contributed by atoms with van der Waals surface area (Å²) in [5.74, 6) is 4.47. The molecule has 0 radical (unpaired) electrons. The highest BCUT2D eigenvalue weighted by molar-refractivity contribution is 9.09. The van der Waals surface area contributed by atoms with Gasteiger partial charge in [-0.3, -0.25) is 10.6 Å². The predicted molar refractivity (Wildman–Crippen MR) is 215 cm³/mol. The molecule has 3 N–H and O–H groups in total. The Bertz CT molecular complexity index is 1790. The molecule has 0 fully saturated rings. The molecule has 0 bridgehead atoms. The summed E-state index contributed by atoms with van der Waals surface area (Å²) < 4.78 is 36.3. The summed E-state index contributed by atoms with van der Waals surface area (Å²) in [7, 11) is 0. The van der Waals surface area contributed by atoms with E-state index in [0.29, 0.717) is 36.3 Å². The number of anilines is 4. The number of ether oxygens (including phenoxy) is 2. The van der Waals surface area contributed by atoms with Crippen molar-refractivity contribution in [1.82, 2.24) is 0 Å². The third-order valence-electron chi connectivity index (χ3n) is 6.46. The molecule has 0 aliphatic rings. The Hall–Kier alpha value is -5.52. The smallest absolute Gasteiger partial charge is 0.412 e. The first-order valence-electron chi connectivity index (χ1n) is 16.6. The molecular weight excluding hydrogens is 742 g/mol. The molecule has 4 aromatic carbocycles. The van der Waals surface area contributed by atoms with Crippen molar-refractivity contribution < 1.29 is 27.8 Å². The van der Waals surface area contributed by atoms with Gasteiger partial charge in [-0.2, -0.15) is 0 Å². The molecule has 0 saturated carbocycles. The first-order chi connectivity index (χ1) is 25.0. The van der Waals surface area contributed by atoms with E-state index in [1.165, 1.54) is 24.3 Å². The highest BCUT2D eigenvalue weighted by atomic mass is 79.9. The molecule has 0 saturated heterocycles. The van der Waals surface area contributed by atoms with Crippen LogP contribution in [0.1, 0.15) is 52.7 Å². The third-order valence-corrected chi connectivity index (χ3v) is 6.79. The van der Waals surface area contributed by atoms with Gasteiger partial charge in [0.15, 0.2) is 0 Å². The molecule has 0 heterocycles. The highest BCUT2D eigenvalue weighted by Crippen LogP contribution is 2.21. The van der Waals surface area contributed by atoms with E-state index in [2.05, 4.69) is 43.7 Å². The number of nitrogens with zero attached hydrogens (tertiary/aromatic N) is 1.